The van der Waals surface area contributed by atoms with Crippen molar-refractivity contribution in [2.24, 2.45) is 0 Å². The Morgan fingerprint density at radius 2 is 1.96 bits per heavy atom. The van der Waals surface area contributed by atoms with Crippen LogP contribution in [-0.2, 0) is 0 Å². The second-order valence-electron chi connectivity index (χ2n) is 6.13. The number of benzene rings is 2. The molecule has 0 spiro atoms. The molecule has 2 aromatic carbocycles. The van der Waals surface area contributed by atoms with Crippen LogP contribution in [0.25, 0.3) is 16.5 Å². The third-order valence-electron chi connectivity index (χ3n) is 4.58. The molecule has 0 aliphatic carbocycles. The zero-order chi connectivity index (χ0) is 17.4. The summed E-state index contributed by atoms with van der Waals surface area (Å²) in [5, 5.41) is 1.85. The predicted molar refractivity (Wildman–Crippen MR) is 106 cm³/mol. The van der Waals surface area contributed by atoms with Crippen LogP contribution in [0.5, 0.6) is 0 Å². The predicted octanol–water partition coefficient (Wildman–Crippen LogP) is 5.51. The van der Waals surface area contributed by atoms with Gasteiger partial charge in [-0.3, -0.25) is 4.79 Å². The number of hydrogen-bond donors (Lipinski definition) is 1. The van der Waals surface area contributed by atoms with Crippen LogP contribution in [0.3, 0.4) is 0 Å². The molecule has 1 N–H and O–H groups in total. The first kappa shape index (κ1) is 16.4. The zero-order valence-electron chi connectivity index (χ0n) is 13.4. The maximum Gasteiger partial charge on any atom is 0.254 e. The molecule has 0 unspecified atom stereocenters. The summed E-state index contributed by atoms with van der Waals surface area (Å²) in [6, 6.07) is 13.3. The molecule has 0 atom stereocenters. The summed E-state index contributed by atoms with van der Waals surface area (Å²) in [6.45, 7) is 1.34. The highest BCUT2D eigenvalue weighted by atomic mass is 79.9. The minimum Gasteiger partial charge on any atom is -0.361 e. The number of carbonyl (C=O) groups excluding carboxylic acids is 1. The summed E-state index contributed by atoms with van der Waals surface area (Å²) in [4.78, 5) is 17.8. The molecule has 0 fully saturated rings. The molecular weight excluding hydrogens is 400 g/mol. The summed E-state index contributed by atoms with van der Waals surface area (Å²) in [5.41, 5.74) is 4.30. The van der Waals surface area contributed by atoms with E-state index in [1.165, 1.54) is 16.5 Å². The average Bonchev–Trinajstić information content (AvgIpc) is 3.05. The molecule has 1 aromatic heterocycles. The number of carbonyl (C=O) groups is 1. The third kappa shape index (κ3) is 3.24. The maximum atomic E-state index is 12.6. The van der Waals surface area contributed by atoms with Gasteiger partial charge in [0, 0.05) is 50.8 Å². The highest BCUT2D eigenvalue weighted by molar-refractivity contribution is 9.10. The molecule has 3 aromatic rings. The molecule has 126 valence electrons. The molecule has 1 aliphatic rings. The number of H-pyrrole nitrogens is 1. The van der Waals surface area contributed by atoms with Gasteiger partial charge in [-0.15, -0.1) is 0 Å². The number of nitrogens with zero attached hydrogens (tertiary/aromatic N) is 1. The Labute approximate surface area is 159 Å². The molecule has 0 bridgehead atoms. The zero-order valence-corrected chi connectivity index (χ0v) is 15.8. The summed E-state index contributed by atoms with van der Waals surface area (Å²) in [7, 11) is 0. The van der Waals surface area contributed by atoms with E-state index in [1.54, 1.807) is 24.3 Å². The lowest BCUT2D eigenvalue weighted by Crippen LogP contribution is -2.34. The standard InChI is InChI=1S/C20H16BrClN2O/c21-15-3-6-19-17(11-15)18(12-23-19)13-7-9-24(10-8-13)20(25)14-1-4-16(22)5-2-14/h1-7,11-12,23H,8-10H2. The monoisotopic (exact) mass is 414 g/mol. The molecule has 5 heteroatoms. The number of aromatic amines is 1. The average molecular weight is 416 g/mol. The van der Waals surface area contributed by atoms with E-state index in [1.807, 2.05) is 11.0 Å². The lowest BCUT2D eigenvalue weighted by Gasteiger charge is -2.26. The fraction of sp³-hybridized carbons (Fsp3) is 0.150. The van der Waals surface area contributed by atoms with Gasteiger partial charge in [0.2, 0.25) is 0 Å². The van der Waals surface area contributed by atoms with Gasteiger partial charge < -0.3 is 9.88 Å². The van der Waals surface area contributed by atoms with E-state index in [0.29, 0.717) is 23.7 Å². The van der Waals surface area contributed by atoms with Crippen LogP contribution in [-0.4, -0.2) is 28.9 Å². The van der Waals surface area contributed by atoms with Gasteiger partial charge in [0.15, 0.2) is 0 Å². The van der Waals surface area contributed by atoms with E-state index in [4.69, 9.17) is 11.6 Å². The smallest absolute Gasteiger partial charge is 0.254 e. The van der Waals surface area contributed by atoms with Crippen molar-refractivity contribution in [3.05, 3.63) is 75.4 Å². The highest BCUT2D eigenvalue weighted by Gasteiger charge is 2.20. The van der Waals surface area contributed by atoms with E-state index < -0.39 is 0 Å². The van der Waals surface area contributed by atoms with Crippen LogP contribution in [0.1, 0.15) is 22.3 Å². The number of amides is 1. The first-order chi connectivity index (χ1) is 12.1. The van der Waals surface area contributed by atoms with Gasteiger partial charge in [-0.25, -0.2) is 0 Å². The molecular formula is C20H16BrClN2O. The second-order valence-corrected chi connectivity index (χ2v) is 7.48. The van der Waals surface area contributed by atoms with E-state index in [-0.39, 0.29) is 5.91 Å². The third-order valence-corrected chi connectivity index (χ3v) is 5.32. The molecule has 0 saturated carbocycles. The van der Waals surface area contributed by atoms with Crippen LogP contribution >= 0.6 is 27.5 Å². The summed E-state index contributed by atoms with van der Waals surface area (Å²) < 4.78 is 1.07. The fourth-order valence-corrected chi connectivity index (χ4v) is 3.72. The Morgan fingerprint density at radius 3 is 2.68 bits per heavy atom. The van der Waals surface area contributed by atoms with Crippen molar-refractivity contribution in [2.75, 3.05) is 13.1 Å². The number of fused-ring (bicyclic) bond motifs is 1. The number of aromatic nitrogens is 1. The van der Waals surface area contributed by atoms with Crippen LogP contribution in [0.4, 0.5) is 0 Å². The summed E-state index contributed by atoms with van der Waals surface area (Å²) in [5.74, 6) is 0.0497. The Hall–Kier alpha value is -2.04. The first-order valence-electron chi connectivity index (χ1n) is 8.13. The maximum absolute atomic E-state index is 12.6. The van der Waals surface area contributed by atoms with Gasteiger partial charge in [-0.2, -0.15) is 0 Å². The van der Waals surface area contributed by atoms with Gasteiger partial charge >= 0.3 is 0 Å². The Kier molecular flexibility index (Phi) is 4.40. The van der Waals surface area contributed by atoms with Crippen molar-refractivity contribution in [1.29, 1.82) is 0 Å². The quantitative estimate of drug-likeness (QED) is 0.588. The van der Waals surface area contributed by atoms with Crippen molar-refractivity contribution >= 4 is 49.9 Å². The first-order valence-corrected chi connectivity index (χ1v) is 9.30. The van der Waals surface area contributed by atoms with Crippen LogP contribution in [0, 0.1) is 0 Å². The molecule has 4 rings (SSSR count). The molecule has 1 amide bonds. The van der Waals surface area contributed by atoms with Crippen molar-refractivity contribution in [3.8, 4) is 0 Å². The number of nitrogens with one attached hydrogen (secondary N) is 1. The Morgan fingerprint density at radius 1 is 1.16 bits per heavy atom. The van der Waals surface area contributed by atoms with Gasteiger partial charge in [0.25, 0.3) is 5.91 Å². The SMILES string of the molecule is O=C(c1ccc(Cl)cc1)N1CC=C(c2c[nH]c3ccc(Br)cc23)CC1. The fourth-order valence-electron chi connectivity index (χ4n) is 3.23. The van der Waals surface area contributed by atoms with Crippen molar-refractivity contribution in [2.45, 2.75) is 6.42 Å². The van der Waals surface area contributed by atoms with E-state index in [9.17, 15) is 4.79 Å². The largest absolute Gasteiger partial charge is 0.361 e. The molecule has 25 heavy (non-hydrogen) atoms. The van der Waals surface area contributed by atoms with Crippen molar-refractivity contribution < 1.29 is 4.79 Å². The lowest BCUT2D eigenvalue weighted by molar-refractivity contribution is 0.0773. The summed E-state index contributed by atoms with van der Waals surface area (Å²) >= 11 is 9.44. The minimum atomic E-state index is 0.0497. The van der Waals surface area contributed by atoms with Gasteiger partial charge in [0.1, 0.15) is 0 Å². The molecule has 0 saturated heterocycles. The second kappa shape index (κ2) is 6.70. The van der Waals surface area contributed by atoms with Crippen LogP contribution in [0.2, 0.25) is 5.02 Å². The number of hydrogen-bond acceptors (Lipinski definition) is 1. The van der Waals surface area contributed by atoms with Crippen molar-refractivity contribution in [1.82, 2.24) is 9.88 Å². The Bertz CT molecular complexity index is 975. The highest BCUT2D eigenvalue weighted by Crippen LogP contribution is 2.31. The van der Waals surface area contributed by atoms with Gasteiger partial charge in [-0.1, -0.05) is 33.6 Å². The lowest BCUT2D eigenvalue weighted by atomic mass is 9.98. The van der Waals surface area contributed by atoms with E-state index in [2.05, 4.69) is 45.3 Å². The molecule has 0 radical (unpaired) electrons. The molecule has 1 aliphatic heterocycles. The number of halogens is 2. The normalized spacial score (nSPS) is 14.6. The van der Waals surface area contributed by atoms with E-state index in [0.717, 1.165) is 16.4 Å². The van der Waals surface area contributed by atoms with Crippen molar-refractivity contribution in [3.63, 3.8) is 0 Å². The number of rotatable bonds is 2. The molecule has 3 nitrogen and oxygen atoms in total. The minimum absolute atomic E-state index is 0.0497. The van der Waals surface area contributed by atoms with Gasteiger partial charge in [0.05, 0.1) is 0 Å². The summed E-state index contributed by atoms with van der Waals surface area (Å²) in [6.07, 6.45) is 5.05. The van der Waals surface area contributed by atoms with Crippen LogP contribution < -0.4 is 0 Å². The Balaban J connectivity index is 1.56. The van der Waals surface area contributed by atoms with Crippen LogP contribution in [0.15, 0.2) is 59.2 Å². The molecule has 2 heterocycles. The topological polar surface area (TPSA) is 36.1 Å². The van der Waals surface area contributed by atoms with E-state index >= 15 is 0 Å². The van der Waals surface area contributed by atoms with Gasteiger partial charge in [-0.05, 0) is 54.5 Å².